The molecule has 2 rings (SSSR count). The quantitative estimate of drug-likeness (QED) is 0.582. The monoisotopic (exact) mass is 220 g/mol. The summed E-state index contributed by atoms with van der Waals surface area (Å²) in [7, 11) is 0. The molecule has 0 saturated heterocycles. The van der Waals surface area contributed by atoms with Crippen molar-refractivity contribution in [2.75, 3.05) is 0 Å². The molecule has 0 bridgehead atoms. The molecule has 0 amide bonds. The topological polar surface area (TPSA) is 78.4 Å². The predicted octanol–water partition coefficient (Wildman–Crippen LogP) is 2.16. The Labute approximate surface area is 90.6 Å². The standard InChI is InChI=1S/C10H8N2O4/c13-12(14)9-4-1-5-11-10(9)16-7-8-3-2-6-15-8/h1-6H,7H2. The third-order valence-electron chi connectivity index (χ3n) is 1.88. The molecule has 0 fully saturated rings. The van der Waals surface area contributed by atoms with Gasteiger partial charge in [0, 0.05) is 12.3 Å². The van der Waals surface area contributed by atoms with Gasteiger partial charge in [-0.05, 0) is 18.2 Å². The van der Waals surface area contributed by atoms with Crippen molar-refractivity contribution in [1.29, 1.82) is 0 Å². The number of hydrogen-bond donors (Lipinski definition) is 0. The molecule has 0 aromatic carbocycles. The molecule has 0 aliphatic heterocycles. The first-order chi connectivity index (χ1) is 7.77. The molecular weight excluding hydrogens is 212 g/mol. The molecule has 0 spiro atoms. The summed E-state index contributed by atoms with van der Waals surface area (Å²) in [4.78, 5) is 13.9. The highest BCUT2D eigenvalue weighted by Crippen LogP contribution is 2.23. The molecule has 2 heterocycles. The van der Waals surface area contributed by atoms with Crippen LogP contribution >= 0.6 is 0 Å². The number of aromatic nitrogens is 1. The molecule has 0 saturated carbocycles. The second-order valence-corrected chi connectivity index (χ2v) is 2.95. The highest BCUT2D eigenvalue weighted by Gasteiger charge is 2.15. The number of ether oxygens (including phenoxy) is 1. The molecular formula is C10H8N2O4. The van der Waals surface area contributed by atoms with E-state index in [1.54, 1.807) is 12.1 Å². The summed E-state index contributed by atoms with van der Waals surface area (Å²) < 4.78 is 10.2. The maximum absolute atomic E-state index is 10.6. The van der Waals surface area contributed by atoms with Crippen molar-refractivity contribution >= 4 is 5.69 Å². The van der Waals surface area contributed by atoms with Crippen LogP contribution in [0.25, 0.3) is 0 Å². The highest BCUT2D eigenvalue weighted by molar-refractivity contribution is 5.39. The highest BCUT2D eigenvalue weighted by atomic mass is 16.6. The first-order valence-corrected chi connectivity index (χ1v) is 4.52. The van der Waals surface area contributed by atoms with Gasteiger partial charge in [0.05, 0.1) is 11.2 Å². The summed E-state index contributed by atoms with van der Waals surface area (Å²) in [5.74, 6) is 0.573. The van der Waals surface area contributed by atoms with Crippen LogP contribution in [-0.2, 0) is 6.61 Å². The summed E-state index contributed by atoms with van der Waals surface area (Å²) in [5.41, 5.74) is -0.158. The van der Waals surface area contributed by atoms with Crippen LogP contribution in [0.2, 0.25) is 0 Å². The zero-order valence-electron chi connectivity index (χ0n) is 8.20. The number of nitro groups is 1. The van der Waals surface area contributed by atoms with Crippen LogP contribution in [-0.4, -0.2) is 9.91 Å². The second-order valence-electron chi connectivity index (χ2n) is 2.95. The minimum atomic E-state index is -0.537. The van der Waals surface area contributed by atoms with E-state index < -0.39 is 4.92 Å². The molecule has 6 heteroatoms. The summed E-state index contributed by atoms with van der Waals surface area (Å²) >= 11 is 0. The predicted molar refractivity (Wildman–Crippen MR) is 53.9 cm³/mol. The van der Waals surface area contributed by atoms with Crippen molar-refractivity contribution in [3.05, 3.63) is 52.6 Å². The number of furan rings is 1. The lowest BCUT2D eigenvalue weighted by atomic mass is 10.4. The number of rotatable bonds is 4. The third kappa shape index (κ3) is 2.17. The Bertz CT molecular complexity index is 481. The normalized spacial score (nSPS) is 10.0. The molecule has 82 valence electrons. The minimum absolute atomic E-state index is 0.0103. The summed E-state index contributed by atoms with van der Waals surface area (Å²) in [5, 5.41) is 10.6. The van der Waals surface area contributed by atoms with Gasteiger partial charge in [-0.1, -0.05) is 0 Å². The Kier molecular flexibility index (Phi) is 2.81. The molecule has 6 nitrogen and oxygen atoms in total. The molecule has 2 aromatic rings. The molecule has 0 aliphatic rings. The van der Waals surface area contributed by atoms with Crippen molar-refractivity contribution in [3.8, 4) is 5.88 Å². The van der Waals surface area contributed by atoms with Gasteiger partial charge < -0.3 is 9.15 Å². The maximum Gasteiger partial charge on any atom is 0.330 e. The van der Waals surface area contributed by atoms with Crippen LogP contribution in [0, 0.1) is 10.1 Å². The molecule has 0 unspecified atom stereocenters. The van der Waals surface area contributed by atoms with Crippen molar-refractivity contribution < 1.29 is 14.1 Å². The zero-order valence-corrected chi connectivity index (χ0v) is 8.20. The molecule has 2 aromatic heterocycles. The van der Waals surface area contributed by atoms with Gasteiger partial charge in [0.1, 0.15) is 12.4 Å². The minimum Gasteiger partial charge on any atom is -0.466 e. The van der Waals surface area contributed by atoms with Gasteiger partial charge in [-0.3, -0.25) is 10.1 Å². The average molecular weight is 220 g/mol. The van der Waals surface area contributed by atoms with Crippen LogP contribution in [0.3, 0.4) is 0 Å². The molecule has 0 N–H and O–H groups in total. The Morgan fingerprint density at radius 3 is 3.00 bits per heavy atom. The molecule has 16 heavy (non-hydrogen) atoms. The van der Waals surface area contributed by atoms with Crippen LogP contribution in [0.15, 0.2) is 41.1 Å². The Balaban J connectivity index is 2.12. The van der Waals surface area contributed by atoms with E-state index in [4.69, 9.17) is 9.15 Å². The smallest absolute Gasteiger partial charge is 0.330 e. The molecule has 0 atom stereocenters. The Hall–Kier alpha value is -2.37. The summed E-state index contributed by atoms with van der Waals surface area (Å²) in [6.45, 7) is 0.116. The van der Waals surface area contributed by atoms with Gasteiger partial charge in [-0.2, -0.15) is 0 Å². The fourth-order valence-electron chi connectivity index (χ4n) is 1.17. The largest absolute Gasteiger partial charge is 0.466 e. The van der Waals surface area contributed by atoms with Gasteiger partial charge in [-0.15, -0.1) is 0 Å². The van der Waals surface area contributed by atoms with Gasteiger partial charge in [0.2, 0.25) is 0 Å². The first-order valence-electron chi connectivity index (χ1n) is 4.52. The zero-order chi connectivity index (χ0) is 11.4. The van der Waals surface area contributed by atoms with Crippen molar-refractivity contribution in [2.24, 2.45) is 0 Å². The van der Waals surface area contributed by atoms with E-state index in [9.17, 15) is 10.1 Å². The lowest BCUT2D eigenvalue weighted by Crippen LogP contribution is -1.99. The molecule has 0 aliphatic carbocycles. The maximum atomic E-state index is 10.6. The Morgan fingerprint density at radius 1 is 1.44 bits per heavy atom. The fraction of sp³-hybridized carbons (Fsp3) is 0.100. The van der Waals surface area contributed by atoms with Crippen LogP contribution < -0.4 is 4.74 Å². The average Bonchev–Trinajstić information content (AvgIpc) is 2.79. The van der Waals surface area contributed by atoms with E-state index in [1.165, 1.54) is 24.6 Å². The van der Waals surface area contributed by atoms with Crippen LogP contribution in [0.1, 0.15) is 5.76 Å². The van der Waals surface area contributed by atoms with Gasteiger partial charge in [0.15, 0.2) is 0 Å². The van der Waals surface area contributed by atoms with Crippen molar-refractivity contribution in [2.45, 2.75) is 6.61 Å². The molecule has 0 radical (unpaired) electrons. The van der Waals surface area contributed by atoms with E-state index in [2.05, 4.69) is 4.98 Å². The lowest BCUT2D eigenvalue weighted by Gasteiger charge is -2.02. The van der Waals surface area contributed by atoms with Gasteiger partial charge >= 0.3 is 5.69 Å². The number of nitrogens with zero attached hydrogens (tertiary/aromatic N) is 2. The van der Waals surface area contributed by atoms with Crippen LogP contribution in [0.4, 0.5) is 5.69 Å². The number of pyridine rings is 1. The van der Waals surface area contributed by atoms with E-state index in [-0.39, 0.29) is 18.2 Å². The summed E-state index contributed by atoms with van der Waals surface area (Å²) in [6, 6.07) is 6.25. The van der Waals surface area contributed by atoms with Crippen molar-refractivity contribution in [3.63, 3.8) is 0 Å². The van der Waals surface area contributed by atoms with Gasteiger partial charge in [0.25, 0.3) is 5.88 Å². The SMILES string of the molecule is O=[N+]([O-])c1cccnc1OCc1ccco1. The lowest BCUT2D eigenvalue weighted by molar-refractivity contribution is -0.386. The van der Waals surface area contributed by atoms with E-state index >= 15 is 0 Å². The van der Waals surface area contributed by atoms with Crippen molar-refractivity contribution in [1.82, 2.24) is 4.98 Å². The van der Waals surface area contributed by atoms with E-state index in [0.717, 1.165) is 0 Å². The Morgan fingerprint density at radius 2 is 2.31 bits per heavy atom. The van der Waals surface area contributed by atoms with Gasteiger partial charge in [-0.25, -0.2) is 4.98 Å². The van der Waals surface area contributed by atoms with E-state index in [1.807, 2.05) is 0 Å². The van der Waals surface area contributed by atoms with Crippen LogP contribution in [0.5, 0.6) is 5.88 Å². The fourth-order valence-corrected chi connectivity index (χ4v) is 1.17. The van der Waals surface area contributed by atoms with E-state index in [0.29, 0.717) is 5.76 Å². The third-order valence-corrected chi connectivity index (χ3v) is 1.88. The number of hydrogen-bond acceptors (Lipinski definition) is 5. The second kappa shape index (κ2) is 4.43. The summed E-state index contributed by atoms with van der Waals surface area (Å²) in [6.07, 6.45) is 2.94. The first kappa shape index (κ1) is 10.2.